The Morgan fingerprint density at radius 1 is 1.08 bits per heavy atom. The zero-order valence-corrected chi connectivity index (χ0v) is 14.9. The number of hydrogen-bond acceptors (Lipinski definition) is 3. The number of fused-ring (bicyclic) bond motifs is 1. The molecule has 25 heavy (non-hydrogen) atoms. The van der Waals surface area contributed by atoms with Crippen LogP contribution in [-0.4, -0.2) is 17.7 Å². The van der Waals surface area contributed by atoms with Crippen molar-refractivity contribution in [3.05, 3.63) is 54.1 Å². The molecule has 1 aliphatic carbocycles. The van der Waals surface area contributed by atoms with E-state index in [0.717, 1.165) is 30.0 Å². The number of esters is 1. The Morgan fingerprint density at radius 3 is 2.60 bits per heavy atom. The van der Waals surface area contributed by atoms with Crippen molar-refractivity contribution in [1.29, 1.82) is 0 Å². The van der Waals surface area contributed by atoms with Gasteiger partial charge in [0.1, 0.15) is 5.75 Å². The zero-order valence-electron chi connectivity index (χ0n) is 14.9. The molecule has 0 bridgehead atoms. The molecule has 0 saturated heterocycles. The van der Waals surface area contributed by atoms with E-state index in [4.69, 9.17) is 4.74 Å². The maximum atomic E-state index is 11.9. The van der Waals surface area contributed by atoms with Gasteiger partial charge in [-0.3, -0.25) is 4.79 Å². The highest BCUT2D eigenvalue weighted by atomic mass is 16.5. The van der Waals surface area contributed by atoms with Crippen molar-refractivity contribution >= 4 is 16.7 Å². The van der Waals surface area contributed by atoms with E-state index in [9.17, 15) is 9.90 Å². The first-order valence-corrected chi connectivity index (χ1v) is 9.17. The van der Waals surface area contributed by atoms with Crippen LogP contribution < -0.4 is 0 Å². The van der Waals surface area contributed by atoms with Gasteiger partial charge in [0.2, 0.25) is 0 Å². The summed E-state index contributed by atoms with van der Waals surface area (Å²) in [5, 5.41) is 11.7. The molecular weight excluding hydrogens is 312 g/mol. The minimum atomic E-state index is -0.0227. The summed E-state index contributed by atoms with van der Waals surface area (Å²) in [5.41, 5.74) is 1.25. The molecule has 3 rings (SSSR count). The average molecular weight is 338 g/mol. The van der Waals surface area contributed by atoms with E-state index in [0.29, 0.717) is 24.2 Å². The highest BCUT2D eigenvalue weighted by molar-refractivity contribution is 5.84. The van der Waals surface area contributed by atoms with E-state index in [2.05, 4.69) is 31.2 Å². The highest BCUT2D eigenvalue weighted by Gasteiger charge is 2.53. The number of phenols is 1. The molecule has 3 heteroatoms. The summed E-state index contributed by atoms with van der Waals surface area (Å²) in [6, 6.07) is 11.7. The van der Waals surface area contributed by atoms with Crippen LogP contribution in [0.1, 0.15) is 32.3 Å². The lowest BCUT2D eigenvalue weighted by Crippen LogP contribution is -2.08. The quantitative estimate of drug-likeness (QED) is 0.579. The monoisotopic (exact) mass is 338 g/mol. The first-order valence-electron chi connectivity index (χ1n) is 9.17. The second kappa shape index (κ2) is 7.73. The molecular formula is C22H26O3. The Bertz CT molecular complexity index is 778. The smallest absolute Gasteiger partial charge is 0.309 e. The number of ether oxygens (including phenoxy) is 1. The molecule has 0 aliphatic heterocycles. The van der Waals surface area contributed by atoms with Gasteiger partial charge in [0, 0.05) is 0 Å². The van der Waals surface area contributed by atoms with Gasteiger partial charge in [-0.25, -0.2) is 0 Å². The molecule has 0 heterocycles. The van der Waals surface area contributed by atoms with E-state index >= 15 is 0 Å². The van der Waals surface area contributed by atoms with Crippen molar-refractivity contribution in [2.24, 2.45) is 17.8 Å². The molecule has 1 N–H and O–H groups in total. The van der Waals surface area contributed by atoms with Crippen LogP contribution in [0.5, 0.6) is 5.75 Å². The van der Waals surface area contributed by atoms with Gasteiger partial charge in [-0.1, -0.05) is 49.8 Å². The maximum absolute atomic E-state index is 11.9. The maximum Gasteiger partial charge on any atom is 0.309 e. The minimum absolute atomic E-state index is 0.0227. The number of allylic oxidation sites excluding steroid dienone is 2. The minimum Gasteiger partial charge on any atom is -0.508 e. The van der Waals surface area contributed by atoms with Crippen LogP contribution >= 0.6 is 0 Å². The lowest BCUT2D eigenvalue weighted by atomic mass is 10.0. The van der Waals surface area contributed by atoms with Crippen molar-refractivity contribution in [1.82, 2.24) is 0 Å². The van der Waals surface area contributed by atoms with Gasteiger partial charge in [-0.2, -0.15) is 0 Å². The van der Waals surface area contributed by atoms with Crippen LogP contribution in [0, 0.1) is 17.8 Å². The fourth-order valence-electron chi connectivity index (χ4n) is 3.79. The molecule has 1 fully saturated rings. The number of benzene rings is 2. The molecule has 3 nitrogen and oxygen atoms in total. The van der Waals surface area contributed by atoms with Crippen molar-refractivity contribution in [3.8, 4) is 5.75 Å². The molecule has 1 aliphatic rings. The Hall–Kier alpha value is -2.29. The van der Waals surface area contributed by atoms with Crippen LogP contribution in [0.2, 0.25) is 0 Å². The average Bonchev–Trinajstić information content (AvgIpc) is 3.32. The summed E-state index contributed by atoms with van der Waals surface area (Å²) in [6.45, 7) is 4.47. The molecule has 0 radical (unpaired) electrons. The van der Waals surface area contributed by atoms with Gasteiger partial charge in [0.25, 0.3) is 0 Å². The van der Waals surface area contributed by atoms with E-state index in [1.165, 1.54) is 5.56 Å². The number of carbonyl (C=O) groups excluding carboxylic acids is 1. The predicted octanol–water partition coefficient (Wildman–Crippen LogP) is 4.87. The van der Waals surface area contributed by atoms with Crippen LogP contribution in [0.4, 0.5) is 0 Å². The second-order valence-electron chi connectivity index (χ2n) is 6.79. The fourth-order valence-corrected chi connectivity index (χ4v) is 3.79. The molecule has 0 spiro atoms. The first-order chi connectivity index (χ1) is 12.1. The van der Waals surface area contributed by atoms with Gasteiger partial charge < -0.3 is 9.84 Å². The molecule has 0 aromatic heterocycles. The van der Waals surface area contributed by atoms with Crippen molar-refractivity contribution < 1.29 is 14.6 Å². The zero-order chi connectivity index (χ0) is 17.8. The molecule has 2 aromatic rings. The second-order valence-corrected chi connectivity index (χ2v) is 6.79. The molecule has 1 saturated carbocycles. The van der Waals surface area contributed by atoms with Gasteiger partial charge >= 0.3 is 5.97 Å². The topological polar surface area (TPSA) is 46.5 Å². The Kier molecular flexibility index (Phi) is 5.42. The van der Waals surface area contributed by atoms with Crippen LogP contribution in [0.25, 0.3) is 10.8 Å². The Labute approximate surface area is 149 Å². The molecule has 3 unspecified atom stereocenters. The van der Waals surface area contributed by atoms with Gasteiger partial charge in [-0.15, -0.1) is 0 Å². The highest BCUT2D eigenvalue weighted by Crippen LogP contribution is 2.51. The number of carbonyl (C=O) groups is 1. The third-order valence-electron chi connectivity index (χ3n) is 5.18. The van der Waals surface area contributed by atoms with E-state index < -0.39 is 0 Å². The summed E-state index contributed by atoms with van der Waals surface area (Å²) in [5.74, 6) is 1.30. The van der Waals surface area contributed by atoms with Crippen molar-refractivity contribution in [3.63, 3.8) is 0 Å². The van der Waals surface area contributed by atoms with Crippen LogP contribution in [0.3, 0.4) is 0 Å². The third-order valence-corrected chi connectivity index (χ3v) is 5.18. The van der Waals surface area contributed by atoms with Gasteiger partial charge in [-0.05, 0) is 60.1 Å². The summed E-state index contributed by atoms with van der Waals surface area (Å²) in [6.07, 6.45) is 7.26. The Morgan fingerprint density at radius 2 is 1.84 bits per heavy atom. The van der Waals surface area contributed by atoms with Crippen LogP contribution in [0.15, 0.2) is 48.6 Å². The molecule has 132 valence electrons. The Balaban J connectivity index is 1.55. The lowest BCUT2D eigenvalue weighted by Gasteiger charge is -2.02. The number of phenolic OH excluding ortho intramolecular Hbond substituents is 1. The summed E-state index contributed by atoms with van der Waals surface area (Å²) in [4.78, 5) is 11.9. The van der Waals surface area contributed by atoms with E-state index in [1.54, 1.807) is 12.1 Å². The summed E-state index contributed by atoms with van der Waals surface area (Å²) in [7, 11) is 0. The first kappa shape index (κ1) is 17.5. The summed E-state index contributed by atoms with van der Waals surface area (Å²) >= 11 is 0. The number of rotatable bonds is 7. The van der Waals surface area contributed by atoms with Crippen molar-refractivity contribution in [2.75, 3.05) is 6.61 Å². The van der Waals surface area contributed by atoms with Gasteiger partial charge in [0.15, 0.2) is 0 Å². The summed E-state index contributed by atoms with van der Waals surface area (Å²) < 4.78 is 5.17. The standard InChI is InChI=1S/C22H26O3/c1-3-19-20(21(19)22(24)25-4-2)8-6-5-7-15-9-10-17-14-18(23)12-11-16(17)13-15/h5-6,9-14,19-21,23H,3-4,7-8H2,1-2H3/b6-5-. The number of hydrogen-bond donors (Lipinski definition) is 1. The number of aromatic hydroxyl groups is 1. The van der Waals surface area contributed by atoms with Crippen LogP contribution in [-0.2, 0) is 16.0 Å². The van der Waals surface area contributed by atoms with Crippen molar-refractivity contribution in [2.45, 2.75) is 33.1 Å². The fraction of sp³-hybridized carbons (Fsp3) is 0.409. The molecule has 0 amide bonds. The molecule has 2 aromatic carbocycles. The molecule has 3 atom stereocenters. The largest absolute Gasteiger partial charge is 0.508 e. The van der Waals surface area contributed by atoms with E-state index in [-0.39, 0.29) is 11.9 Å². The van der Waals surface area contributed by atoms with E-state index in [1.807, 2.05) is 19.1 Å². The SMILES string of the molecule is CCOC(=O)C1C(CC)C1C/C=C\Cc1ccc2cc(O)ccc2c1. The third kappa shape index (κ3) is 4.04. The lowest BCUT2D eigenvalue weighted by molar-refractivity contribution is -0.145. The predicted molar refractivity (Wildman–Crippen MR) is 100 cm³/mol. The normalized spacial score (nSPS) is 22.4. The van der Waals surface area contributed by atoms with Gasteiger partial charge in [0.05, 0.1) is 12.5 Å².